The molecule has 0 amide bonds. The molecule has 1 atom stereocenters. The van der Waals surface area contributed by atoms with Gasteiger partial charge in [0.2, 0.25) is 0 Å². The molecule has 1 heterocycles. The lowest BCUT2D eigenvalue weighted by Crippen LogP contribution is -2.27. The van der Waals surface area contributed by atoms with E-state index in [1.54, 1.807) is 0 Å². The zero-order valence-electron chi connectivity index (χ0n) is 11.9. The minimum atomic E-state index is -0.743. The minimum absolute atomic E-state index is 0.000278. The van der Waals surface area contributed by atoms with Crippen molar-refractivity contribution in [2.45, 2.75) is 33.7 Å². The summed E-state index contributed by atoms with van der Waals surface area (Å²) in [5, 5.41) is 3.78. The number of aryl methyl sites for hydroxylation is 1. The average Bonchev–Trinajstić information content (AvgIpc) is 2.80. The van der Waals surface area contributed by atoms with Crippen molar-refractivity contribution in [3.8, 4) is 11.5 Å². The molecule has 0 saturated carbocycles. The van der Waals surface area contributed by atoms with Crippen LogP contribution in [0.3, 0.4) is 0 Å². The standard InChI is InChI=1S/C14H17F2N3O/c1-7-5-8(10(16)6-9(7)15)13-18-12(19-20-13)11(17)14(2,3)4/h5-6,11H,17H2,1-4H3. The third-order valence-corrected chi connectivity index (χ3v) is 3.13. The van der Waals surface area contributed by atoms with E-state index in [0.717, 1.165) is 6.07 Å². The summed E-state index contributed by atoms with van der Waals surface area (Å²) in [4.78, 5) is 4.11. The number of hydrogen-bond donors (Lipinski definition) is 1. The molecule has 0 bridgehead atoms. The maximum absolute atomic E-state index is 13.8. The molecule has 2 aromatic rings. The van der Waals surface area contributed by atoms with Crippen molar-refractivity contribution < 1.29 is 13.3 Å². The van der Waals surface area contributed by atoms with Gasteiger partial charge < -0.3 is 10.3 Å². The zero-order chi connectivity index (χ0) is 15.1. The van der Waals surface area contributed by atoms with Crippen molar-refractivity contribution >= 4 is 0 Å². The molecule has 1 aromatic carbocycles. The number of rotatable bonds is 2. The summed E-state index contributed by atoms with van der Waals surface area (Å²) in [6.45, 7) is 7.36. The maximum Gasteiger partial charge on any atom is 0.260 e. The first-order chi connectivity index (χ1) is 9.20. The molecule has 20 heavy (non-hydrogen) atoms. The lowest BCUT2D eigenvalue weighted by atomic mass is 9.87. The highest BCUT2D eigenvalue weighted by atomic mass is 19.1. The molecule has 0 saturated heterocycles. The number of benzene rings is 1. The predicted octanol–water partition coefficient (Wildman–Crippen LogP) is 3.37. The van der Waals surface area contributed by atoms with Gasteiger partial charge in [0.15, 0.2) is 5.82 Å². The fraction of sp³-hybridized carbons (Fsp3) is 0.429. The Labute approximate surface area is 116 Å². The Hall–Kier alpha value is -1.82. The van der Waals surface area contributed by atoms with E-state index in [1.807, 2.05) is 20.8 Å². The van der Waals surface area contributed by atoms with Gasteiger partial charge >= 0.3 is 0 Å². The van der Waals surface area contributed by atoms with Crippen LogP contribution >= 0.6 is 0 Å². The Balaban J connectivity index is 2.41. The summed E-state index contributed by atoms with van der Waals surface area (Å²) < 4.78 is 32.0. The van der Waals surface area contributed by atoms with Crippen LogP contribution in [0, 0.1) is 24.0 Å². The smallest absolute Gasteiger partial charge is 0.260 e. The van der Waals surface area contributed by atoms with Gasteiger partial charge in [-0.3, -0.25) is 0 Å². The molecule has 1 unspecified atom stereocenters. The molecular weight excluding hydrogens is 264 g/mol. The topological polar surface area (TPSA) is 64.9 Å². The molecule has 0 aliphatic carbocycles. The van der Waals surface area contributed by atoms with E-state index in [1.165, 1.54) is 13.0 Å². The van der Waals surface area contributed by atoms with Gasteiger partial charge in [-0.25, -0.2) is 8.78 Å². The fourth-order valence-electron chi connectivity index (χ4n) is 1.68. The van der Waals surface area contributed by atoms with Gasteiger partial charge in [-0.05, 0) is 24.0 Å². The highest BCUT2D eigenvalue weighted by Crippen LogP contribution is 2.31. The first kappa shape index (κ1) is 14.6. The largest absolute Gasteiger partial charge is 0.334 e. The zero-order valence-corrected chi connectivity index (χ0v) is 11.9. The van der Waals surface area contributed by atoms with E-state index in [9.17, 15) is 8.78 Å². The minimum Gasteiger partial charge on any atom is -0.334 e. The predicted molar refractivity (Wildman–Crippen MR) is 70.8 cm³/mol. The Morgan fingerprint density at radius 2 is 1.85 bits per heavy atom. The number of hydrogen-bond acceptors (Lipinski definition) is 4. The van der Waals surface area contributed by atoms with Crippen molar-refractivity contribution in [2.75, 3.05) is 0 Å². The summed E-state index contributed by atoms with van der Waals surface area (Å²) in [6, 6.07) is 1.70. The number of halogens is 2. The Bertz CT molecular complexity index is 632. The van der Waals surface area contributed by atoms with Crippen LogP contribution in [0.25, 0.3) is 11.5 Å². The van der Waals surface area contributed by atoms with Gasteiger partial charge in [0.05, 0.1) is 11.6 Å². The summed E-state index contributed by atoms with van der Waals surface area (Å²) in [5.41, 5.74) is 6.14. The Morgan fingerprint density at radius 3 is 2.45 bits per heavy atom. The average molecular weight is 281 g/mol. The van der Waals surface area contributed by atoms with Gasteiger partial charge in [-0.1, -0.05) is 25.9 Å². The van der Waals surface area contributed by atoms with Gasteiger partial charge in [-0.2, -0.15) is 4.98 Å². The molecule has 108 valence electrons. The summed E-state index contributed by atoms with van der Waals surface area (Å²) >= 11 is 0. The SMILES string of the molecule is Cc1cc(-c2nc(C(N)C(C)(C)C)no2)c(F)cc1F. The molecular formula is C14H17F2N3O. The van der Waals surface area contributed by atoms with Gasteiger partial charge in [0, 0.05) is 6.07 Å². The summed E-state index contributed by atoms with van der Waals surface area (Å²) in [6.07, 6.45) is 0. The number of nitrogens with zero attached hydrogens (tertiary/aromatic N) is 2. The van der Waals surface area contributed by atoms with Crippen molar-refractivity contribution in [2.24, 2.45) is 11.1 Å². The van der Waals surface area contributed by atoms with Crippen LogP contribution in [-0.4, -0.2) is 10.1 Å². The molecule has 0 aliphatic rings. The molecule has 2 N–H and O–H groups in total. The second kappa shape index (κ2) is 4.94. The van der Waals surface area contributed by atoms with Crippen LogP contribution in [0.2, 0.25) is 0 Å². The number of aromatic nitrogens is 2. The van der Waals surface area contributed by atoms with E-state index >= 15 is 0 Å². The normalized spacial score (nSPS) is 13.6. The Morgan fingerprint density at radius 1 is 1.20 bits per heavy atom. The van der Waals surface area contributed by atoms with Gasteiger partial charge in [-0.15, -0.1) is 0 Å². The van der Waals surface area contributed by atoms with Crippen LogP contribution in [-0.2, 0) is 0 Å². The lowest BCUT2D eigenvalue weighted by Gasteiger charge is -2.23. The van der Waals surface area contributed by atoms with Crippen LogP contribution in [0.4, 0.5) is 8.78 Å². The van der Waals surface area contributed by atoms with E-state index in [2.05, 4.69) is 10.1 Å². The third kappa shape index (κ3) is 2.70. The van der Waals surface area contributed by atoms with E-state index in [4.69, 9.17) is 10.3 Å². The number of nitrogens with two attached hydrogens (primary N) is 1. The second-order valence-corrected chi connectivity index (χ2v) is 5.88. The van der Waals surface area contributed by atoms with Crippen molar-refractivity contribution in [3.05, 3.63) is 35.2 Å². The molecule has 0 fully saturated rings. The Kier molecular flexibility index (Phi) is 3.60. The maximum atomic E-state index is 13.8. The van der Waals surface area contributed by atoms with Gasteiger partial charge in [0.1, 0.15) is 11.6 Å². The highest BCUT2D eigenvalue weighted by Gasteiger charge is 2.27. The fourth-order valence-corrected chi connectivity index (χ4v) is 1.68. The van der Waals surface area contributed by atoms with E-state index in [0.29, 0.717) is 11.4 Å². The van der Waals surface area contributed by atoms with Crippen molar-refractivity contribution in [1.29, 1.82) is 0 Å². The summed E-state index contributed by atoms with van der Waals surface area (Å²) in [7, 11) is 0. The van der Waals surface area contributed by atoms with Gasteiger partial charge in [0.25, 0.3) is 5.89 Å². The highest BCUT2D eigenvalue weighted by molar-refractivity contribution is 5.55. The molecule has 1 aromatic heterocycles. The molecule has 0 aliphatic heterocycles. The van der Waals surface area contributed by atoms with Crippen molar-refractivity contribution in [1.82, 2.24) is 10.1 Å². The first-order valence-electron chi connectivity index (χ1n) is 6.25. The second-order valence-electron chi connectivity index (χ2n) is 5.88. The van der Waals surface area contributed by atoms with Crippen LogP contribution in [0.15, 0.2) is 16.7 Å². The monoisotopic (exact) mass is 281 g/mol. The molecule has 4 nitrogen and oxygen atoms in total. The molecule has 0 spiro atoms. The molecule has 2 rings (SSSR count). The first-order valence-corrected chi connectivity index (χ1v) is 6.25. The lowest BCUT2D eigenvalue weighted by molar-refractivity contribution is 0.303. The van der Waals surface area contributed by atoms with E-state index < -0.39 is 17.7 Å². The quantitative estimate of drug-likeness (QED) is 0.916. The van der Waals surface area contributed by atoms with Crippen LogP contribution in [0.5, 0.6) is 0 Å². The third-order valence-electron chi connectivity index (χ3n) is 3.13. The van der Waals surface area contributed by atoms with Crippen LogP contribution < -0.4 is 5.73 Å². The molecule has 6 heteroatoms. The van der Waals surface area contributed by atoms with Crippen molar-refractivity contribution in [3.63, 3.8) is 0 Å². The molecule has 0 radical (unpaired) electrons. The summed E-state index contributed by atoms with van der Waals surface area (Å²) in [5.74, 6) is -1.06. The van der Waals surface area contributed by atoms with Crippen LogP contribution in [0.1, 0.15) is 38.2 Å². The van der Waals surface area contributed by atoms with E-state index in [-0.39, 0.29) is 16.9 Å².